The zero-order chi connectivity index (χ0) is 22.7. The molecule has 0 saturated carbocycles. The molecule has 0 N–H and O–H groups in total. The average molecular weight is 475 g/mol. The van der Waals surface area contributed by atoms with Crippen LogP contribution in [0.2, 0.25) is 0 Å². The molecule has 0 aliphatic carbocycles. The van der Waals surface area contributed by atoms with Crippen LogP contribution < -0.4 is 9.64 Å². The molecule has 2 aromatic carbocycles. The number of para-hydroxylation sites is 1. The topological polar surface area (TPSA) is 66.9 Å². The maximum absolute atomic E-state index is 13.4. The number of amides is 1. The number of anilines is 1. The summed E-state index contributed by atoms with van der Waals surface area (Å²) in [6, 6.07) is 14.6. The van der Waals surface area contributed by atoms with E-state index < -0.39 is 10.0 Å². The van der Waals surface area contributed by atoms with Gasteiger partial charge in [-0.15, -0.1) is 11.8 Å². The Morgan fingerprint density at radius 1 is 1.03 bits per heavy atom. The average Bonchev–Trinajstić information content (AvgIpc) is 2.97. The highest BCUT2D eigenvalue weighted by atomic mass is 32.2. The maximum Gasteiger partial charge on any atom is 0.243 e. The molecular formula is C24H30N2O4S2. The van der Waals surface area contributed by atoms with Gasteiger partial charge in [-0.2, -0.15) is 4.31 Å². The van der Waals surface area contributed by atoms with E-state index in [2.05, 4.69) is 13.0 Å². The zero-order valence-corrected chi connectivity index (χ0v) is 20.2. The van der Waals surface area contributed by atoms with Crippen molar-refractivity contribution in [3.63, 3.8) is 0 Å². The number of rotatable bonds is 5. The lowest BCUT2D eigenvalue weighted by molar-refractivity contribution is -0.123. The van der Waals surface area contributed by atoms with Gasteiger partial charge in [-0.25, -0.2) is 8.42 Å². The first-order valence-electron chi connectivity index (χ1n) is 11.2. The Morgan fingerprint density at radius 2 is 1.72 bits per heavy atom. The molecule has 4 rings (SSSR count). The SMILES string of the molecule is CCOc1ccc(S(=O)(=O)N2CCC(C(=O)N3CCC(C)Sc4ccccc43)CC2)cc1. The van der Waals surface area contributed by atoms with E-state index in [0.717, 1.165) is 17.0 Å². The van der Waals surface area contributed by atoms with Crippen molar-refractivity contribution in [3.8, 4) is 5.75 Å². The lowest BCUT2D eigenvalue weighted by atomic mass is 9.96. The number of nitrogens with zero attached hydrogens (tertiary/aromatic N) is 2. The van der Waals surface area contributed by atoms with Gasteiger partial charge >= 0.3 is 0 Å². The van der Waals surface area contributed by atoms with E-state index in [0.29, 0.717) is 50.1 Å². The fourth-order valence-corrected chi connectivity index (χ4v) is 6.89. The van der Waals surface area contributed by atoms with Crippen molar-refractivity contribution in [3.05, 3.63) is 48.5 Å². The first-order valence-corrected chi connectivity index (χ1v) is 13.5. The summed E-state index contributed by atoms with van der Waals surface area (Å²) in [4.78, 5) is 16.8. The third kappa shape index (κ3) is 4.82. The number of ether oxygens (including phenoxy) is 1. The Bertz CT molecular complexity index is 1050. The van der Waals surface area contributed by atoms with Crippen molar-refractivity contribution in [2.45, 2.75) is 48.2 Å². The Kier molecular flexibility index (Phi) is 7.12. The van der Waals surface area contributed by atoms with Crippen molar-refractivity contribution < 1.29 is 17.9 Å². The summed E-state index contributed by atoms with van der Waals surface area (Å²) < 4.78 is 33.0. The minimum Gasteiger partial charge on any atom is -0.494 e. The minimum absolute atomic E-state index is 0.116. The molecule has 1 amide bonds. The fourth-order valence-electron chi connectivity index (χ4n) is 4.30. The number of sulfonamides is 1. The lowest BCUT2D eigenvalue weighted by Gasteiger charge is -2.33. The van der Waals surface area contributed by atoms with Crippen LogP contribution in [0.1, 0.15) is 33.1 Å². The highest BCUT2D eigenvalue weighted by Gasteiger charge is 2.35. The Labute approximate surface area is 195 Å². The van der Waals surface area contributed by atoms with E-state index in [1.165, 1.54) is 4.31 Å². The van der Waals surface area contributed by atoms with Crippen LogP contribution in [-0.4, -0.2) is 50.1 Å². The molecule has 2 aromatic rings. The van der Waals surface area contributed by atoms with E-state index in [-0.39, 0.29) is 16.7 Å². The number of thioether (sulfide) groups is 1. The molecule has 0 bridgehead atoms. The van der Waals surface area contributed by atoms with Gasteiger partial charge in [-0.1, -0.05) is 19.1 Å². The van der Waals surface area contributed by atoms with Gasteiger partial charge in [0.15, 0.2) is 0 Å². The summed E-state index contributed by atoms with van der Waals surface area (Å²) in [6.45, 7) is 6.03. The van der Waals surface area contributed by atoms with Crippen molar-refractivity contribution in [2.75, 3.05) is 31.1 Å². The van der Waals surface area contributed by atoms with Crippen LogP contribution in [0.5, 0.6) is 5.75 Å². The number of fused-ring (bicyclic) bond motifs is 1. The van der Waals surface area contributed by atoms with Gasteiger partial charge in [0.1, 0.15) is 5.75 Å². The van der Waals surface area contributed by atoms with Crippen LogP contribution >= 0.6 is 11.8 Å². The van der Waals surface area contributed by atoms with Crippen LogP contribution in [0.15, 0.2) is 58.3 Å². The monoisotopic (exact) mass is 474 g/mol. The standard InChI is InChI=1S/C24H30N2O4S2/c1-3-30-20-8-10-21(11-9-20)32(28,29)25-15-13-19(14-16-25)24(27)26-17-12-18(2)31-23-7-5-4-6-22(23)26/h4-11,18-19H,3,12-17H2,1-2H3. The second-order valence-electron chi connectivity index (χ2n) is 8.26. The Balaban J connectivity index is 1.44. The zero-order valence-electron chi connectivity index (χ0n) is 18.6. The van der Waals surface area contributed by atoms with Gasteiger partial charge in [-0.05, 0) is 62.6 Å². The summed E-state index contributed by atoms with van der Waals surface area (Å²) in [5.74, 6) is 0.611. The molecule has 1 unspecified atom stereocenters. The van der Waals surface area contributed by atoms with Gasteiger partial charge in [-0.3, -0.25) is 4.79 Å². The summed E-state index contributed by atoms with van der Waals surface area (Å²) >= 11 is 1.82. The van der Waals surface area contributed by atoms with Gasteiger partial charge < -0.3 is 9.64 Å². The molecule has 2 heterocycles. The van der Waals surface area contributed by atoms with Gasteiger partial charge in [0, 0.05) is 35.7 Å². The molecule has 1 saturated heterocycles. The molecule has 0 radical (unpaired) electrons. The smallest absolute Gasteiger partial charge is 0.243 e. The second-order valence-corrected chi connectivity index (χ2v) is 11.7. The summed E-state index contributed by atoms with van der Waals surface area (Å²) in [5.41, 5.74) is 0.983. The lowest BCUT2D eigenvalue weighted by Crippen LogP contribution is -2.44. The van der Waals surface area contributed by atoms with Crippen molar-refractivity contribution in [1.29, 1.82) is 0 Å². The molecule has 2 aliphatic heterocycles. The molecule has 8 heteroatoms. The van der Waals surface area contributed by atoms with Crippen LogP contribution in [0.4, 0.5) is 5.69 Å². The molecule has 32 heavy (non-hydrogen) atoms. The van der Waals surface area contributed by atoms with Crippen LogP contribution in [0.3, 0.4) is 0 Å². The highest BCUT2D eigenvalue weighted by molar-refractivity contribution is 8.00. The minimum atomic E-state index is -3.58. The molecule has 6 nitrogen and oxygen atoms in total. The molecule has 1 atom stereocenters. The van der Waals surface area contributed by atoms with E-state index in [1.807, 2.05) is 41.8 Å². The fraction of sp³-hybridized carbons (Fsp3) is 0.458. The molecule has 0 spiro atoms. The van der Waals surface area contributed by atoms with E-state index in [9.17, 15) is 13.2 Å². The van der Waals surface area contributed by atoms with Crippen LogP contribution in [0.25, 0.3) is 0 Å². The first kappa shape index (κ1) is 23.1. The predicted molar refractivity (Wildman–Crippen MR) is 128 cm³/mol. The highest BCUT2D eigenvalue weighted by Crippen LogP contribution is 2.38. The second kappa shape index (κ2) is 9.85. The number of hydrogen-bond acceptors (Lipinski definition) is 5. The third-order valence-electron chi connectivity index (χ3n) is 6.09. The molecule has 1 fully saturated rings. The van der Waals surface area contributed by atoms with Crippen molar-refractivity contribution >= 4 is 33.4 Å². The normalized spacial score (nSPS) is 20.4. The molecule has 2 aliphatic rings. The molecular weight excluding hydrogens is 444 g/mol. The third-order valence-corrected chi connectivity index (χ3v) is 9.24. The van der Waals surface area contributed by atoms with E-state index in [1.54, 1.807) is 24.3 Å². The Hall–Kier alpha value is -2.03. The van der Waals surface area contributed by atoms with Crippen molar-refractivity contribution in [1.82, 2.24) is 4.31 Å². The summed E-state index contributed by atoms with van der Waals surface area (Å²) in [5, 5.41) is 0.454. The number of carbonyl (C=O) groups excluding carboxylic acids is 1. The van der Waals surface area contributed by atoms with Gasteiger partial charge in [0.2, 0.25) is 15.9 Å². The van der Waals surface area contributed by atoms with Gasteiger partial charge in [0.05, 0.1) is 17.2 Å². The van der Waals surface area contributed by atoms with E-state index >= 15 is 0 Å². The number of hydrogen-bond donors (Lipinski definition) is 0. The quantitative estimate of drug-likeness (QED) is 0.642. The number of benzene rings is 2. The van der Waals surface area contributed by atoms with Crippen molar-refractivity contribution in [2.24, 2.45) is 5.92 Å². The molecule has 0 aromatic heterocycles. The maximum atomic E-state index is 13.4. The van der Waals surface area contributed by atoms with E-state index in [4.69, 9.17) is 4.74 Å². The van der Waals surface area contributed by atoms with Crippen LogP contribution in [-0.2, 0) is 14.8 Å². The number of carbonyl (C=O) groups is 1. The largest absolute Gasteiger partial charge is 0.494 e. The number of piperidine rings is 1. The first-order chi connectivity index (χ1) is 15.4. The Morgan fingerprint density at radius 3 is 2.41 bits per heavy atom. The summed E-state index contributed by atoms with van der Waals surface area (Å²) in [7, 11) is -3.58. The van der Waals surface area contributed by atoms with Crippen LogP contribution in [0, 0.1) is 5.92 Å². The predicted octanol–water partition coefficient (Wildman–Crippen LogP) is 4.40. The van der Waals surface area contributed by atoms with Gasteiger partial charge in [0.25, 0.3) is 0 Å². The summed E-state index contributed by atoms with van der Waals surface area (Å²) in [6.07, 6.45) is 2.02. The molecule has 172 valence electrons.